The van der Waals surface area contributed by atoms with Crippen LogP contribution < -0.4 is 0 Å². The summed E-state index contributed by atoms with van der Waals surface area (Å²) in [5.74, 6) is -0.490. The van der Waals surface area contributed by atoms with Gasteiger partial charge in [0.15, 0.2) is 0 Å². The molecule has 7 heteroatoms. The van der Waals surface area contributed by atoms with Crippen molar-refractivity contribution in [2.75, 3.05) is 13.1 Å². The molecule has 1 aromatic heterocycles. The summed E-state index contributed by atoms with van der Waals surface area (Å²) in [5, 5.41) is 6.77. The number of aromatic amines is 1. The van der Waals surface area contributed by atoms with Crippen LogP contribution in [0, 0.1) is 0 Å². The van der Waals surface area contributed by atoms with E-state index in [1.165, 1.54) is 23.1 Å². The Kier molecular flexibility index (Phi) is 4.11. The maximum absolute atomic E-state index is 13.1. The lowest BCUT2D eigenvalue weighted by Crippen LogP contribution is -2.40. The first kappa shape index (κ1) is 15.6. The van der Waals surface area contributed by atoms with Crippen molar-refractivity contribution >= 4 is 5.91 Å². The molecule has 3 rings (SSSR count). The zero-order valence-corrected chi connectivity index (χ0v) is 12.3. The van der Waals surface area contributed by atoms with E-state index >= 15 is 0 Å². The number of alkyl halides is 3. The largest absolute Gasteiger partial charge is 0.417 e. The highest BCUT2D eigenvalue weighted by Gasteiger charge is 2.36. The van der Waals surface area contributed by atoms with E-state index < -0.39 is 17.6 Å². The van der Waals surface area contributed by atoms with Gasteiger partial charge in [0.2, 0.25) is 0 Å². The molecule has 1 aliphatic heterocycles. The monoisotopic (exact) mass is 323 g/mol. The minimum Gasteiger partial charge on any atom is -0.338 e. The molecule has 1 atom stereocenters. The van der Waals surface area contributed by atoms with Gasteiger partial charge in [-0.2, -0.15) is 18.3 Å². The number of halogens is 3. The number of nitrogens with one attached hydrogen (secondary N) is 1. The lowest BCUT2D eigenvalue weighted by molar-refractivity contribution is -0.138. The molecule has 1 N–H and O–H groups in total. The molecule has 0 aliphatic carbocycles. The average Bonchev–Trinajstić information content (AvgIpc) is 3.08. The lowest BCUT2D eigenvalue weighted by atomic mass is 9.94. The van der Waals surface area contributed by atoms with Crippen LogP contribution in [0.4, 0.5) is 13.2 Å². The molecule has 0 unspecified atom stereocenters. The molecule has 2 heterocycles. The van der Waals surface area contributed by atoms with E-state index in [1.807, 2.05) is 6.07 Å². The van der Waals surface area contributed by atoms with Crippen LogP contribution in [-0.2, 0) is 6.18 Å². The number of aromatic nitrogens is 2. The molecule has 1 fully saturated rings. The van der Waals surface area contributed by atoms with Crippen LogP contribution in [0.2, 0.25) is 0 Å². The van der Waals surface area contributed by atoms with Gasteiger partial charge in [-0.25, -0.2) is 0 Å². The van der Waals surface area contributed by atoms with Gasteiger partial charge < -0.3 is 4.90 Å². The van der Waals surface area contributed by atoms with Gasteiger partial charge in [0, 0.05) is 30.9 Å². The summed E-state index contributed by atoms with van der Waals surface area (Å²) in [6.07, 6.45) is -1.27. The van der Waals surface area contributed by atoms with E-state index in [-0.39, 0.29) is 11.5 Å². The standard InChI is InChI=1S/C16H16F3N3O/c17-16(18,19)13-6-2-1-5-12(13)15(23)22-9-3-4-11(10-22)14-7-8-20-21-14/h1-2,5-8,11H,3-4,9-10H2,(H,20,21)/t11-/m0/s1. The highest BCUT2D eigenvalue weighted by molar-refractivity contribution is 5.96. The third-order valence-corrected chi connectivity index (χ3v) is 4.13. The second-order valence-electron chi connectivity index (χ2n) is 5.65. The van der Waals surface area contributed by atoms with E-state index in [4.69, 9.17) is 0 Å². The number of carbonyl (C=O) groups is 1. The third-order valence-electron chi connectivity index (χ3n) is 4.13. The number of rotatable bonds is 2. The van der Waals surface area contributed by atoms with Crippen LogP contribution in [0.3, 0.4) is 0 Å². The maximum atomic E-state index is 13.1. The van der Waals surface area contributed by atoms with Crippen molar-refractivity contribution in [3.8, 4) is 0 Å². The molecule has 0 radical (unpaired) electrons. The van der Waals surface area contributed by atoms with Gasteiger partial charge >= 0.3 is 6.18 Å². The van der Waals surface area contributed by atoms with Gasteiger partial charge in [-0.05, 0) is 31.0 Å². The number of amides is 1. The normalized spacial score (nSPS) is 18.9. The fourth-order valence-corrected chi connectivity index (χ4v) is 3.00. The first-order valence-corrected chi connectivity index (χ1v) is 7.41. The highest BCUT2D eigenvalue weighted by Crippen LogP contribution is 2.33. The summed E-state index contributed by atoms with van der Waals surface area (Å²) in [6.45, 7) is 0.864. The molecule has 1 amide bonds. The Bertz CT molecular complexity index is 682. The molecule has 0 spiro atoms. The third kappa shape index (κ3) is 3.23. The number of hydrogen-bond acceptors (Lipinski definition) is 2. The van der Waals surface area contributed by atoms with Gasteiger partial charge in [-0.3, -0.25) is 9.89 Å². The van der Waals surface area contributed by atoms with Crippen molar-refractivity contribution in [3.63, 3.8) is 0 Å². The topological polar surface area (TPSA) is 49.0 Å². The van der Waals surface area contributed by atoms with E-state index in [2.05, 4.69) is 10.2 Å². The lowest BCUT2D eigenvalue weighted by Gasteiger charge is -2.32. The maximum Gasteiger partial charge on any atom is 0.417 e. The second-order valence-corrected chi connectivity index (χ2v) is 5.65. The quantitative estimate of drug-likeness (QED) is 0.920. The Morgan fingerprint density at radius 2 is 2.04 bits per heavy atom. The number of likely N-dealkylation sites (tertiary alicyclic amines) is 1. The Balaban J connectivity index is 1.83. The number of benzene rings is 1. The van der Waals surface area contributed by atoms with Crippen LogP contribution in [0.5, 0.6) is 0 Å². The van der Waals surface area contributed by atoms with Crippen molar-refractivity contribution in [2.45, 2.75) is 24.9 Å². The van der Waals surface area contributed by atoms with E-state index in [0.717, 1.165) is 24.6 Å². The van der Waals surface area contributed by atoms with Crippen LogP contribution in [0.15, 0.2) is 36.5 Å². The highest BCUT2D eigenvalue weighted by atomic mass is 19.4. The van der Waals surface area contributed by atoms with Gasteiger partial charge in [0.1, 0.15) is 0 Å². The molecule has 1 saturated heterocycles. The first-order chi connectivity index (χ1) is 11.0. The summed E-state index contributed by atoms with van der Waals surface area (Å²) in [7, 11) is 0. The number of H-pyrrole nitrogens is 1. The Hall–Kier alpha value is -2.31. The molecule has 2 aromatic rings. The van der Waals surface area contributed by atoms with E-state index in [9.17, 15) is 18.0 Å². The summed E-state index contributed by atoms with van der Waals surface area (Å²) >= 11 is 0. The number of piperidine rings is 1. The van der Waals surface area contributed by atoms with Gasteiger partial charge in [0.05, 0.1) is 11.1 Å². The zero-order chi connectivity index (χ0) is 16.4. The fraction of sp³-hybridized carbons (Fsp3) is 0.375. The van der Waals surface area contributed by atoms with Crippen molar-refractivity contribution < 1.29 is 18.0 Å². The first-order valence-electron chi connectivity index (χ1n) is 7.41. The van der Waals surface area contributed by atoms with Crippen molar-refractivity contribution in [3.05, 3.63) is 53.3 Å². The Labute approximate surface area is 131 Å². The minimum absolute atomic E-state index is 0.0771. The molecular weight excluding hydrogens is 307 g/mol. The number of carbonyl (C=O) groups excluding carboxylic acids is 1. The number of hydrogen-bond donors (Lipinski definition) is 1. The molecule has 1 aliphatic rings. The van der Waals surface area contributed by atoms with E-state index in [0.29, 0.717) is 13.1 Å². The zero-order valence-electron chi connectivity index (χ0n) is 12.3. The summed E-state index contributed by atoms with van der Waals surface area (Å²) in [6, 6.07) is 6.78. The predicted octanol–water partition coefficient (Wildman–Crippen LogP) is 3.45. The summed E-state index contributed by atoms with van der Waals surface area (Å²) in [4.78, 5) is 14.1. The Morgan fingerprint density at radius 1 is 1.26 bits per heavy atom. The SMILES string of the molecule is O=C(c1ccccc1C(F)(F)F)N1CCC[C@H](c2ccn[nH]2)C1. The predicted molar refractivity (Wildman–Crippen MR) is 77.9 cm³/mol. The van der Waals surface area contributed by atoms with Crippen molar-refractivity contribution in [1.82, 2.24) is 15.1 Å². The fourth-order valence-electron chi connectivity index (χ4n) is 3.00. The van der Waals surface area contributed by atoms with Crippen molar-refractivity contribution in [2.24, 2.45) is 0 Å². The molecule has 1 aromatic carbocycles. The molecule has 0 saturated carbocycles. The molecular formula is C16H16F3N3O. The van der Waals surface area contributed by atoms with Crippen LogP contribution in [0.1, 0.15) is 40.4 Å². The van der Waals surface area contributed by atoms with Gasteiger partial charge in [-0.1, -0.05) is 12.1 Å². The summed E-state index contributed by atoms with van der Waals surface area (Å²) in [5.41, 5.74) is -0.259. The minimum atomic E-state index is -4.54. The molecule has 122 valence electrons. The van der Waals surface area contributed by atoms with E-state index in [1.54, 1.807) is 6.20 Å². The summed E-state index contributed by atoms with van der Waals surface area (Å²) < 4.78 is 39.3. The molecule has 0 bridgehead atoms. The second kappa shape index (κ2) is 6.06. The number of nitrogens with zero attached hydrogens (tertiary/aromatic N) is 2. The van der Waals surface area contributed by atoms with Gasteiger partial charge in [-0.15, -0.1) is 0 Å². The van der Waals surface area contributed by atoms with Crippen molar-refractivity contribution in [1.29, 1.82) is 0 Å². The molecule has 4 nitrogen and oxygen atoms in total. The van der Waals surface area contributed by atoms with Crippen LogP contribution in [0.25, 0.3) is 0 Å². The molecule has 23 heavy (non-hydrogen) atoms. The Morgan fingerprint density at radius 3 is 2.74 bits per heavy atom. The van der Waals surface area contributed by atoms with Crippen LogP contribution >= 0.6 is 0 Å². The smallest absolute Gasteiger partial charge is 0.338 e. The average molecular weight is 323 g/mol. The van der Waals surface area contributed by atoms with Gasteiger partial charge in [0.25, 0.3) is 5.91 Å². The van der Waals surface area contributed by atoms with Crippen LogP contribution in [-0.4, -0.2) is 34.1 Å².